The molecule has 84 valence electrons. The van der Waals surface area contributed by atoms with Gasteiger partial charge in [-0.05, 0) is 0 Å². The van der Waals surface area contributed by atoms with E-state index in [1.165, 1.54) is 4.68 Å². The van der Waals surface area contributed by atoms with Crippen molar-refractivity contribution in [3.63, 3.8) is 0 Å². The summed E-state index contributed by atoms with van der Waals surface area (Å²) in [5, 5.41) is 12.9. The molecule has 0 fully saturated rings. The summed E-state index contributed by atoms with van der Waals surface area (Å²) in [6, 6.07) is 0. The number of aromatic nitrogens is 4. The van der Waals surface area contributed by atoms with Crippen LogP contribution in [0.1, 0.15) is 10.5 Å². The summed E-state index contributed by atoms with van der Waals surface area (Å²) in [7, 11) is 3.51. The van der Waals surface area contributed by atoms with E-state index in [4.69, 9.17) is 5.11 Å². The summed E-state index contributed by atoms with van der Waals surface area (Å²) in [6.07, 6.45) is 5.02. The lowest BCUT2D eigenvalue weighted by molar-refractivity contribution is 0.0895. The van der Waals surface area contributed by atoms with Crippen molar-refractivity contribution in [3.8, 4) is 11.3 Å². The number of Topliss-reactive ketones (excluding diaryl/α,β-unsaturated/α-hetero) is 1. The van der Waals surface area contributed by atoms with Crippen LogP contribution in [0.15, 0.2) is 18.7 Å². The summed E-state index contributed by atoms with van der Waals surface area (Å²) in [6.45, 7) is -0.528. The van der Waals surface area contributed by atoms with Gasteiger partial charge in [0.15, 0.2) is 0 Å². The van der Waals surface area contributed by atoms with Crippen LogP contribution in [0, 0.1) is 0 Å². The van der Waals surface area contributed by atoms with E-state index in [1.807, 2.05) is 7.05 Å². The highest BCUT2D eigenvalue weighted by atomic mass is 16.3. The topological polar surface area (TPSA) is 72.9 Å². The van der Waals surface area contributed by atoms with E-state index in [1.54, 1.807) is 30.3 Å². The van der Waals surface area contributed by atoms with Gasteiger partial charge in [-0.3, -0.25) is 9.48 Å². The van der Waals surface area contributed by atoms with Gasteiger partial charge in [-0.2, -0.15) is 5.10 Å². The molecule has 0 aliphatic heterocycles. The molecule has 6 nitrogen and oxygen atoms in total. The average Bonchev–Trinajstić information content (AvgIpc) is 2.83. The Kier molecular flexibility index (Phi) is 2.57. The van der Waals surface area contributed by atoms with Crippen LogP contribution in [0.2, 0.25) is 0 Å². The lowest BCUT2D eigenvalue weighted by Crippen LogP contribution is -2.11. The molecule has 0 aliphatic carbocycles. The molecule has 0 saturated heterocycles. The minimum Gasteiger partial charge on any atom is -0.388 e. The van der Waals surface area contributed by atoms with Crippen LogP contribution in [0.5, 0.6) is 0 Å². The van der Waals surface area contributed by atoms with Crippen LogP contribution in [-0.4, -0.2) is 36.8 Å². The van der Waals surface area contributed by atoms with Crippen LogP contribution < -0.4 is 0 Å². The number of ketones is 1. The largest absolute Gasteiger partial charge is 0.388 e. The quantitative estimate of drug-likeness (QED) is 0.739. The number of aliphatic hydroxyl groups is 1. The van der Waals surface area contributed by atoms with Crippen molar-refractivity contribution in [3.05, 3.63) is 24.4 Å². The number of hydrogen-bond donors (Lipinski definition) is 1. The smallest absolute Gasteiger partial charge is 0.206 e. The Morgan fingerprint density at radius 1 is 1.50 bits per heavy atom. The summed E-state index contributed by atoms with van der Waals surface area (Å²) >= 11 is 0. The SMILES string of the molecule is Cn1cnc(-c2cnn(C)c2C(=O)CO)c1. The number of imidazole rings is 1. The Hall–Kier alpha value is -1.95. The van der Waals surface area contributed by atoms with E-state index in [9.17, 15) is 4.79 Å². The number of nitrogens with zero attached hydrogens (tertiary/aromatic N) is 4. The fourth-order valence-electron chi connectivity index (χ4n) is 1.58. The summed E-state index contributed by atoms with van der Waals surface area (Å²) < 4.78 is 3.23. The highest BCUT2D eigenvalue weighted by Gasteiger charge is 2.18. The van der Waals surface area contributed by atoms with Crippen molar-refractivity contribution in [1.82, 2.24) is 19.3 Å². The van der Waals surface area contributed by atoms with Crippen LogP contribution in [0.25, 0.3) is 11.3 Å². The first-order valence-corrected chi connectivity index (χ1v) is 4.78. The maximum Gasteiger partial charge on any atom is 0.206 e. The Morgan fingerprint density at radius 3 is 2.81 bits per heavy atom. The molecule has 16 heavy (non-hydrogen) atoms. The zero-order valence-electron chi connectivity index (χ0n) is 9.08. The Morgan fingerprint density at radius 2 is 2.25 bits per heavy atom. The number of carbonyl (C=O) groups excluding carboxylic acids is 1. The van der Waals surface area contributed by atoms with Crippen molar-refractivity contribution < 1.29 is 9.90 Å². The monoisotopic (exact) mass is 220 g/mol. The van der Waals surface area contributed by atoms with E-state index in [0.717, 1.165) is 0 Å². The predicted octanol–water partition coefficient (Wildman–Crippen LogP) is -0.00440. The predicted molar refractivity (Wildman–Crippen MR) is 56.8 cm³/mol. The van der Waals surface area contributed by atoms with Gasteiger partial charge in [0.2, 0.25) is 5.78 Å². The molecule has 0 bridgehead atoms. The molecule has 2 rings (SSSR count). The van der Waals surface area contributed by atoms with E-state index in [0.29, 0.717) is 17.0 Å². The third kappa shape index (κ3) is 1.63. The number of aliphatic hydroxyl groups excluding tert-OH is 1. The molecule has 0 aromatic carbocycles. The van der Waals surface area contributed by atoms with Crippen molar-refractivity contribution in [1.29, 1.82) is 0 Å². The first kappa shape index (κ1) is 10.6. The van der Waals surface area contributed by atoms with Crippen molar-refractivity contribution in [2.75, 3.05) is 6.61 Å². The second-order valence-corrected chi connectivity index (χ2v) is 3.54. The van der Waals surface area contributed by atoms with Gasteiger partial charge in [0.05, 0.1) is 23.8 Å². The highest BCUT2D eigenvalue weighted by molar-refractivity contribution is 6.00. The Balaban J connectivity index is 2.53. The van der Waals surface area contributed by atoms with Gasteiger partial charge in [-0.15, -0.1) is 0 Å². The molecule has 2 aromatic rings. The molecule has 2 aromatic heterocycles. The number of aryl methyl sites for hydroxylation is 2. The van der Waals surface area contributed by atoms with Gasteiger partial charge in [-0.1, -0.05) is 0 Å². The molecule has 0 atom stereocenters. The average molecular weight is 220 g/mol. The van der Waals surface area contributed by atoms with Crippen molar-refractivity contribution in [2.45, 2.75) is 0 Å². The third-order valence-corrected chi connectivity index (χ3v) is 2.33. The zero-order chi connectivity index (χ0) is 11.7. The van der Waals surface area contributed by atoms with Gasteiger partial charge in [0.25, 0.3) is 0 Å². The van der Waals surface area contributed by atoms with Gasteiger partial charge < -0.3 is 9.67 Å². The van der Waals surface area contributed by atoms with E-state index >= 15 is 0 Å². The second kappa shape index (κ2) is 3.90. The molecule has 0 radical (unpaired) electrons. The van der Waals surface area contributed by atoms with Crippen molar-refractivity contribution in [2.24, 2.45) is 14.1 Å². The lowest BCUT2D eigenvalue weighted by Gasteiger charge is -2.00. The molecule has 0 aliphatic rings. The van der Waals surface area contributed by atoms with Crippen LogP contribution in [0.3, 0.4) is 0 Å². The summed E-state index contributed by atoms with van der Waals surface area (Å²) in [5.74, 6) is -0.361. The van der Waals surface area contributed by atoms with Gasteiger partial charge in [0.1, 0.15) is 12.3 Å². The molecule has 0 spiro atoms. The molecule has 0 unspecified atom stereocenters. The zero-order valence-corrected chi connectivity index (χ0v) is 9.08. The molecular weight excluding hydrogens is 208 g/mol. The fraction of sp³-hybridized carbons (Fsp3) is 0.300. The minimum absolute atomic E-state index is 0.361. The second-order valence-electron chi connectivity index (χ2n) is 3.54. The first-order valence-electron chi connectivity index (χ1n) is 4.78. The van der Waals surface area contributed by atoms with Crippen LogP contribution >= 0.6 is 0 Å². The Labute approximate surface area is 92.2 Å². The third-order valence-electron chi connectivity index (χ3n) is 2.33. The maximum atomic E-state index is 11.6. The highest BCUT2D eigenvalue weighted by Crippen LogP contribution is 2.21. The fourth-order valence-corrected chi connectivity index (χ4v) is 1.58. The summed E-state index contributed by atoms with van der Waals surface area (Å²) in [5.41, 5.74) is 1.69. The van der Waals surface area contributed by atoms with E-state index in [-0.39, 0.29) is 5.78 Å². The van der Waals surface area contributed by atoms with E-state index in [2.05, 4.69) is 10.1 Å². The number of rotatable bonds is 3. The molecule has 1 N–H and O–H groups in total. The molecule has 0 saturated carbocycles. The maximum absolute atomic E-state index is 11.6. The molecule has 0 amide bonds. The molecule has 2 heterocycles. The normalized spacial score (nSPS) is 10.7. The van der Waals surface area contributed by atoms with Crippen molar-refractivity contribution >= 4 is 5.78 Å². The van der Waals surface area contributed by atoms with Crippen LogP contribution in [0.4, 0.5) is 0 Å². The summed E-state index contributed by atoms with van der Waals surface area (Å²) in [4.78, 5) is 15.7. The van der Waals surface area contributed by atoms with Crippen LogP contribution in [-0.2, 0) is 14.1 Å². The van der Waals surface area contributed by atoms with Gasteiger partial charge in [0, 0.05) is 20.3 Å². The standard InChI is InChI=1S/C10H12N4O2/c1-13-4-8(11-6-13)7-3-12-14(2)10(7)9(16)5-15/h3-4,6,15H,5H2,1-2H3. The van der Waals surface area contributed by atoms with E-state index < -0.39 is 6.61 Å². The molecule has 6 heteroatoms. The van der Waals surface area contributed by atoms with Gasteiger partial charge >= 0.3 is 0 Å². The molecular formula is C10H12N4O2. The minimum atomic E-state index is -0.528. The number of hydrogen-bond acceptors (Lipinski definition) is 4. The number of carbonyl (C=O) groups is 1. The van der Waals surface area contributed by atoms with Gasteiger partial charge in [-0.25, -0.2) is 4.98 Å². The first-order chi connectivity index (χ1) is 7.63. The lowest BCUT2D eigenvalue weighted by atomic mass is 10.1. The Bertz CT molecular complexity index is 527.